The molecule has 8 heteroatoms. The van der Waals surface area contributed by atoms with Gasteiger partial charge in [-0.05, 0) is 6.92 Å². The first-order valence-electron chi connectivity index (χ1n) is 5.69. The summed E-state index contributed by atoms with van der Waals surface area (Å²) >= 11 is 1.59. The second-order valence-corrected chi connectivity index (χ2v) is 5.08. The fourth-order valence-electron chi connectivity index (χ4n) is 1.65. The van der Waals surface area contributed by atoms with Gasteiger partial charge in [-0.25, -0.2) is 4.98 Å². The highest BCUT2D eigenvalue weighted by Crippen LogP contribution is 2.13. The molecule has 3 rings (SSSR count). The first-order valence-corrected chi connectivity index (χ1v) is 6.57. The van der Waals surface area contributed by atoms with Gasteiger partial charge in [0.2, 0.25) is 5.89 Å². The molecule has 0 aliphatic heterocycles. The number of aromatic nitrogens is 5. The molecule has 0 aliphatic carbocycles. The lowest BCUT2D eigenvalue weighted by molar-refractivity contribution is 0.362. The molecule has 2 N–H and O–H groups in total. The fourth-order valence-corrected chi connectivity index (χ4v) is 2.42. The predicted octanol–water partition coefficient (Wildman–Crippen LogP) is 1.25. The van der Waals surface area contributed by atoms with E-state index >= 15 is 0 Å². The molecule has 0 fully saturated rings. The molecule has 7 nitrogen and oxygen atoms in total. The van der Waals surface area contributed by atoms with Crippen molar-refractivity contribution in [1.82, 2.24) is 24.9 Å². The van der Waals surface area contributed by atoms with E-state index in [1.165, 1.54) is 0 Å². The summed E-state index contributed by atoms with van der Waals surface area (Å²) in [6.45, 7) is 2.38. The lowest BCUT2D eigenvalue weighted by atomic mass is 10.4. The van der Waals surface area contributed by atoms with Crippen LogP contribution in [0, 0.1) is 6.92 Å². The third kappa shape index (κ3) is 2.79. The summed E-state index contributed by atoms with van der Waals surface area (Å²) in [5, 5.41) is 11.0. The Morgan fingerprint density at radius 2 is 2.32 bits per heavy atom. The highest BCUT2D eigenvalue weighted by atomic mass is 32.1. The van der Waals surface area contributed by atoms with Gasteiger partial charge in [0.1, 0.15) is 11.6 Å². The van der Waals surface area contributed by atoms with Crippen molar-refractivity contribution < 1.29 is 4.52 Å². The van der Waals surface area contributed by atoms with Gasteiger partial charge < -0.3 is 10.3 Å². The van der Waals surface area contributed by atoms with Gasteiger partial charge in [0.15, 0.2) is 5.82 Å². The first kappa shape index (κ1) is 11.8. The van der Waals surface area contributed by atoms with Crippen LogP contribution >= 0.6 is 11.3 Å². The SMILES string of the molecule is Cc1csc(Cc2noc(Cn3cc(N)cn3)n2)n1. The van der Waals surface area contributed by atoms with Crippen molar-refractivity contribution in [3.8, 4) is 0 Å². The Morgan fingerprint density at radius 1 is 1.42 bits per heavy atom. The third-order valence-corrected chi connectivity index (χ3v) is 3.40. The van der Waals surface area contributed by atoms with E-state index in [1.807, 2.05) is 12.3 Å². The lowest BCUT2D eigenvalue weighted by Gasteiger charge is -1.93. The van der Waals surface area contributed by atoms with E-state index < -0.39 is 0 Å². The van der Waals surface area contributed by atoms with Crippen molar-refractivity contribution in [2.24, 2.45) is 0 Å². The largest absolute Gasteiger partial charge is 0.396 e. The predicted molar refractivity (Wildman–Crippen MR) is 69.7 cm³/mol. The lowest BCUT2D eigenvalue weighted by Crippen LogP contribution is -2.00. The first-order chi connectivity index (χ1) is 9.19. The normalized spacial score (nSPS) is 11.0. The summed E-state index contributed by atoms with van der Waals surface area (Å²) in [7, 11) is 0. The average molecular weight is 276 g/mol. The summed E-state index contributed by atoms with van der Waals surface area (Å²) in [5.41, 5.74) is 7.20. The third-order valence-electron chi connectivity index (χ3n) is 2.44. The molecular weight excluding hydrogens is 264 g/mol. The van der Waals surface area contributed by atoms with Crippen LogP contribution in [0.1, 0.15) is 22.4 Å². The number of anilines is 1. The number of nitrogen functional groups attached to an aromatic ring is 1. The second-order valence-electron chi connectivity index (χ2n) is 4.13. The van der Waals surface area contributed by atoms with Gasteiger partial charge in [-0.3, -0.25) is 4.68 Å². The fraction of sp³-hybridized carbons (Fsp3) is 0.273. The molecule has 0 aliphatic rings. The molecule has 98 valence electrons. The van der Waals surface area contributed by atoms with E-state index in [-0.39, 0.29) is 0 Å². The van der Waals surface area contributed by atoms with Gasteiger partial charge >= 0.3 is 0 Å². The maximum absolute atomic E-state index is 5.59. The van der Waals surface area contributed by atoms with Crippen molar-refractivity contribution >= 4 is 17.0 Å². The van der Waals surface area contributed by atoms with Gasteiger partial charge in [-0.1, -0.05) is 5.16 Å². The van der Waals surface area contributed by atoms with Crippen LogP contribution in [0.2, 0.25) is 0 Å². The van der Waals surface area contributed by atoms with Crippen LogP contribution < -0.4 is 5.73 Å². The van der Waals surface area contributed by atoms with Crippen LogP contribution in [-0.4, -0.2) is 24.9 Å². The summed E-state index contributed by atoms with van der Waals surface area (Å²) in [4.78, 5) is 8.67. The number of nitrogens with two attached hydrogens (primary N) is 1. The van der Waals surface area contributed by atoms with E-state index in [9.17, 15) is 0 Å². The number of nitrogens with zero attached hydrogens (tertiary/aromatic N) is 5. The summed E-state index contributed by atoms with van der Waals surface area (Å²) in [6, 6.07) is 0. The quantitative estimate of drug-likeness (QED) is 0.770. The molecule has 0 bridgehead atoms. The van der Waals surface area contributed by atoms with Crippen LogP contribution in [0.5, 0.6) is 0 Å². The van der Waals surface area contributed by atoms with E-state index in [0.717, 1.165) is 10.7 Å². The molecule has 0 saturated heterocycles. The standard InChI is InChI=1S/C11H12N6OS/c1-7-6-19-11(14-7)2-9-15-10(18-16-9)5-17-4-8(12)3-13-17/h3-4,6H,2,5,12H2,1H3. The van der Waals surface area contributed by atoms with Crippen molar-refractivity contribution in [2.75, 3.05) is 5.73 Å². The minimum Gasteiger partial charge on any atom is -0.396 e. The molecule has 0 aromatic carbocycles. The number of aryl methyl sites for hydroxylation is 1. The molecule has 0 saturated carbocycles. The minimum atomic E-state index is 0.418. The monoisotopic (exact) mass is 276 g/mol. The Hall–Kier alpha value is -2.22. The molecular formula is C11H12N6OS. The maximum atomic E-state index is 5.59. The topological polar surface area (TPSA) is 95.7 Å². The molecule has 3 aromatic heterocycles. The highest BCUT2D eigenvalue weighted by molar-refractivity contribution is 7.09. The molecule has 3 heterocycles. The maximum Gasteiger partial charge on any atom is 0.248 e. The van der Waals surface area contributed by atoms with E-state index in [1.54, 1.807) is 28.4 Å². The van der Waals surface area contributed by atoms with Crippen LogP contribution in [-0.2, 0) is 13.0 Å². The van der Waals surface area contributed by atoms with E-state index in [4.69, 9.17) is 10.3 Å². The smallest absolute Gasteiger partial charge is 0.248 e. The summed E-state index contributed by atoms with van der Waals surface area (Å²) in [6.07, 6.45) is 3.88. The van der Waals surface area contributed by atoms with Crippen molar-refractivity contribution in [1.29, 1.82) is 0 Å². The van der Waals surface area contributed by atoms with Crippen molar-refractivity contribution in [3.05, 3.63) is 40.2 Å². The molecule has 3 aromatic rings. The van der Waals surface area contributed by atoms with Gasteiger partial charge in [-0.2, -0.15) is 10.1 Å². The van der Waals surface area contributed by atoms with Crippen LogP contribution in [0.4, 0.5) is 5.69 Å². The van der Waals surface area contributed by atoms with Crippen LogP contribution in [0.15, 0.2) is 22.3 Å². The minimum absolute atomic E-state index is 0.418. The zero-order chi connectivity index (χ0) is 13.2. The van der Waals surface area contributed by atoms with Gasteiger partial charge in [-0.15, -0.1) is 11.3 Å². The molecule has 0 radical (unpaired) electrons. The highest BCUT2D eigenvalue weighted by Gasteiger charge is 2.10. The Balaban J connectivity index is 1.69. The summed E-state index contributed by atoms with van der Waals surface area (Å²) in [5.74, 6) is 1.14. The van der Waals surface area contributed by atoms with Gasteiger partial charge in [0.25, 0.3) is 0 Å². The number of rotatable bonds is 4. The van der Waals surface area contributed by atoms with E-state index in [0.29, 0.717) is 30.4 Å². The molecule has 0 unspecified atom stereocenters. The van der Waals surface area contributed by atoms with Gasteiger partial charge in [0.05, 0.1) is 18.3 Å². The van der Waals surface area contributed by atoms with Crippen molar-refractivity contribution in [2.45, 2.75) is 19.9 Å². The van der Waals surface area contributed by atoms with Crippen molar-refractivity contribution in [3.63, 3.8) is 0 Å². The number of thiazole rings is 1. The summed E-state index contributed by atoms with van der Waals surface area (Å²) < 4.78 is 6.82. The second kappa shape index (κ2) is 4.81. The zero-order valence-corrected chi connectivity index (χ0v) is 11.1. The van der Waals surface area contributed by atoms with Gasteiger partial charge in [0, 0.05) is 17.3 Å². The Bertz CT molecular complexity index is 628. The Morgan fingerprint density at radius 3 is 3.00 bits per heavy atom. The average Bonchev–Trinajstić information content (AvgIpc) is 3.05. The number of hydrogen-bond donors (Lipinski definition) is 1. The zero-order valence-electron chi connectivity index (χ0n) is 10.3. The Kier molecular flexibility index (Phi) is 3.00. The Labute approximate surface area is 113 Å². The van der Waals surface area contributed by atoms with E-state index in [2.05, 4.69) is 20.2 Å². The molecule has 0 amide bonds. The number of hydrogen-bond acceptors (Lipinski definition) is 7. The molecule has 0 spiro atoms. The van der Waals surface area contributed by atoms with Crippen LogP contribution in [0.3, 0.4) is 0 Å². The molecule has 0 atom stereocenters. The van der Waals surface area contributed by atoms with Crippen LogP contribution in [0.25, 0.3) is 0 Å². The molecule has 19 heavy (non-hydrogen) atoms.